The molecule has 5 rings (SSSR count). The summed E-state index contributed by atoms with van der Waals surface area (Å²) in [6.45, 7) is 18.6. The summed E-state index contributed by atoms with van der Waals surface area (Å²) < 4.78 is 28.0. The third kappa shape index (κ3) is 17.8. The van der Waals surface area contributed by atoms with Crippen LogP contribution in [0, 0.1) is 23.7 Å². The van der Waals surface area contributed by atoms with E-state index in [9.17, 15) is 38.4 Å². The number of aromatic nitrogens is 4. The number of carbonyl (C=O) groups excluding carboxylic acids is 8. The van der Waals surface area contributed by atoms with E-state index in [1.165, 1.54) is 42.0 Å². The van der Waals surface area contributed by atoms with Crippen molar-refractivity contribution in [1.82, 2.24) is 38.7 Å². The summed E-state index contributed by atoms with van der Waals surface area (Å²) in [5, 5.41) is 0. The van der Waals surface area contributed by atoms with Gasteiger partial charge in [0.2, 0.25) is 0 Å². The summed E-state index contributed by atoms with van der Waals surface area (Å²) in [5.41, 5.74) is 3.12. The Kier molecular flexibility index (Phi) is 23.2. The van der Waals surface area contributed by atoms with Gasteiger partial charge in [0.05, 0.1) is 12.7 Å². The molecule has 4 amide bonds. The first-order chi connectivity index (χ1) is 37.7. The van der Waals surface area contributed by atoms with Crippen LogP contribution in [0.25, 0.3) is 0 Å². The molecule has 20 nitrogen and oxygen atoms in total. The minimum Gasteiger partial charge on any atom is -0.451 e. The van der Waals surface area contributed by atoms with Crippen molar-refractivity contribution in [3.05, 3.63) is 108 Å². The van der Waals surface area contributed by atoms with Crippen LogP contribution in [0.2, 0.25) is 0 Å². The number of imidazole rings is 2. The maximum Gasteiger partial charge on any atom is 0.329 e. The van der Waals surface area contributed by atoms with E-state index in [4.69, 9.17) is 18.9 Å². The summed E-state index contributed by atoms with van der Waals surface area (Å²) in [7, 11) is 5.58. The molecule has 2 aromatic carbocycles. The zero-order chi connectivity index (χ0) is 59.1. The molecule has 4 aromatic rings. The summed E-state index contributed by atoms with van der Waals surface area (Å²) in [6.07, 6.45) is 4.48. The van der Waals surface area contributed by atoms with Crippen LogP contribution in [0.3, 0.4) is 0 Å². The van der Waals surface area contributed by atoms with Crippen LogP contribution in [-0.4, -0.2) is 163 Å². The number of esters is 4. The van der Waals surface area contributed by atoms with E-state index in [1.54, 1.807) is 25.0 Å². The van der Waals surface area contributed by atoms with Gasteiger partial charge in [-0.25, -0.2) is 29.1 Å². The highest BCUT2D eigenvalue weighted by Gasteiger charge is 2.43. The Bertz CT molecular complexity index is 2490. The number of rotatable bonds is 16. The number of hydrogen-bond acceptors (Lipinski definition) is 14. The predicted octanol–water partition coefficient (Wildman–Crippen LogP) is 6.15. The lowest BCUT2D eigenvalue weighted by atomic mass is 9.99. The number of nitrogens with zero attached hydrogens (tertiary/aromatic N) is 8. The van der Waals surface area contributed by atoms with Gasteiger partial charge < -0.3 is 47.7 Å². The Morgan fingerprint density at radius 3 is 0.925 bits per heavy atom. The monoisotopic (exact) mass is 1110 g/mol. The Labute approximate surface area is 471 Å². The van der Waals surface area contributed by atoms with Crippen molar-refractivity contribution in [2.24, 2.45) is 23.7 Å². The van der Waals surface area contributed by atoms with Crippen LogP contribution in [0.15, 0.2) is 86.0 Å². The van der Waals surface area contributed by atoms with E-state index in [0.29, 0.717) is 24.2 Å². The molecule has 0 unspecified atom stereocenters. The molecular formula is C60H84N8O12. The lowest BCUT2D eigenvalue weighted by Gasteiger charge is -2.35. The van der Waals surface area contributed by atoms with Gasteiger partial charge in [0, 0.05) is 78.9 Å². The maximum absolute atomic E-state index is 15.0. The maximum atomic E-state index is 15.0. The highest BCUT2D eigenvalue weighted by molar-refractivity contribution is 5.94. The summed E-state index contributed by atoms with van der Waals surface area (Å²) in [4.78, 5) is 130. The molecular weight excluding hydrogens is 1020 g/mol. The molecule has 1 aliphatic rings. The van der Waals surface area contributed by atoms with E-state index in [1.807, 2.05) is 125 Å². The zero-order valence-corrected chi connectivity index (χ0v) is 49.1. The summed E-state index contributed by atoms with van der Waals surface area (Å²) >= 11 is 0. The first kappa shape index (κ1) is 63.5. The second-order valence-corrected chi connectivity index (χ2v) is 22.9. The highest BCUT2D eigenvalue weighted by atomic mass is 16.6. The minimum absolute atomic E-state index is 0.0861. The van der Waals surface area contributed by atoms with Crippen molar-refractivity contribution in [3.8, 4) is 0 Å². The molecule has 1 aliphatic heterocycles. The fourth-order valence-electron chi connectivity index (χ4n) is 9.65. The third-order valence-electron chi connectivity index (χ3n) is 14.2. The number of amides is 4. The fraction of sp³-hybridized carbons (Fsp3) is 0.567. The van der Waals surface area contributed by atoms with Crippen LogP contribution < -0.4 is 0 Å². The normalized spacial score (nSPS) is 23.2. The van der Waals surface area contributed by atoms with E-state index >= 15 is 0 Å². The highest BCUT2D eigenvalue weighted by Crippen LogP contribution is 2.25. The van der Waals surface area contributed by atoms with Crippen LogP contribution in [0.5, 0.6) is 0 Å². The van der Waals surface area contributed by atoms with E-state index in [0.717, 1.165) is 30.7 Å². The van der Waals surface area contributed by atoms with Crippen molar-refractivity contribution in [3.63, 3.8) is 0 Å². The number of likely N-dealkylation sites (N-methyl/N-ethyl adjacent to an activating group) is 4. The van der Waals surface area contributed by atoms with Crippen molar-refractivity contribution in [1.29, 1.82) is 0 Å². The second kappa shape index (κ2) is 29.2. The Hall–Kier alpha value is -7.38. The van der Waals surface area contributed by atoms with Crippen LogP contribution in [0.4, 0.5) is 0 Å². The van der Waals surface area contributed by atoms with Gasteiger partial charge in [-0.05, 0) is 85.5 Å². The van der Waals surface area contributed by atoms with E-state index in [2.05, 4.69) is 9.97 Å². The average molecular weight is 1110 g/mol. The molecule has 0 spiro atoms. The van der Waals surface area contributed by atoms with E-state index in [-0.39, 0.29) is 62.2 Å². The largest absolute Gasteiger partial charge is 0.451 e. The van der Waals surface area contributed by atoms with Crippen molar-refractivity contribution < 1.29 is 57.3 Å². The van der Waals surface area contributed by atoms with Crippen LogP contribution in [0.1, 0.15) is 117 Å². The molecule has 436 valence electrons. The molecule has 0 radical (unpaired) electrons. The van der Waals surface area contributed by atoms with Crippen molar-refractivity contribution in [2.75, 3.05) is 28.2 Å². The summed E-state index contributed by atoms with van der Waals surface area (Å²) in [6, 6.07) is 9.64. The van der Waals surface area contributed by atoms with Gasteiger partial charge >= 0.3 is 23.9 Å². The van der Waals surface area contributed by atoms with Gasteiger partial charge in [-0.3, -0.25) is 19.2 Å². The average Bonchev–Trinajstić information content (AvgIpc) is 4.14. The molecule has 1 saturated heterocycles. The molecule has 0 aliphatic carbocycles. The Balaban J connectivity index is 1.59. The molecule has 0 N–H and O–H groups in total. The van der Waals surface area contributed by atoms with Crippen LogP contribution in [-0.2, 0) is 83.2 Å². The van der Waals surface area contributed by atoms with Gasteiger partial charge in [-0.15, -0.1) is 0 Å². The van der Waals surface area contributed by atoms with Crippen molar-refractivity contribution >= 4 is 47.5 Å². The first-order valence-corrected chi connectivity index (χ1v) is 27.7. The molecule has 0 saturated carbocycles. The number of cyclic esters (lactones) is 4. The Morgan fingerprint density at radius 2 is 0.662 bits per heavy atom. The third-order valence-corrected chi connectivity index (χ3v) is 14.2. The predicted molar refractivity (Wildman–Crippen MR) is 298 cm³/mol. The second-order valence-electron chi connectivity index (χ2n) is 22.9. The number of hydrogen-bond donors (Lipinski definition) is 0. The first-order valence-electron chi connectivity index (χ1n) is 27.7. The molecule has 8 atom stereocenters. The van der Waals surface area contributed by atoms with E-state index < -0.39 is 96.1 Å². The van der Waals surface area contributed by atoms with Gasteiger partial charge in [0.25, 0.3) is 23.6 Å². The quantitative estimate of drug-likeness (QED) is 0.0907. The Morgan fingerprint density at radius 1 is 0.400 bits per heavy atom. The molecule has 1 fully saturated rings. The minimum atomic E-state index is -1.53. The van der Waals surface area contributed by atoms with Gasteiger partial charge in [0.15, 0.2) is 24.4 Å². The summed E-state index contributed by atoms with van der Waals surface area (Å²) in [5.74, 6) is -7.39. The molecule has 0 bridgehead atoms. The fourth-order valence-corrected chi connectivity index (χ4v) is 9.65. The number of benzene rings is 2. The molecule has 3 heterocycles. The topological polar surface area (TPSA) is 222 Å². The molecule has 80 heavy (non-hydrogen) atoms. The number of carbonyl (C=O) groups is 8. The molecule has 2 aromatic heterocycles. The number of ether oxygens (including phenoxy) is 4. The lowest BCUT2D eigenvalue weighted by Crippen LogP contribution is -2.55. The standard InChI is InChI=1S/C60H84N8O12/c1-37(2)27-47-57(73)77-41(9)53(69)63(11)50(30-40(7)8)60(76)80-52(32-44-17-21-46(22-18-44)34-68-26-24-62-36-68)56(72)66(14)48(28-38(3)4)58(74)78-42(10)54(70)64(12)49(29-39(5)6)59(75)79-51(55(71)65(47)13)31-43-15-19-45(20-16-43)33-67-25-23-61-35-67/h15-26,35-42,47-52H,27-34H2,1-14H3/t41-,42-,47+,48+,49+,50+,51-,52-/m1/s1. The zero-order valence-electron chi connectivity index (χ0n) is 49.1. The van der Waals surface area contributed by atoms with Crippen LogP contribution >= 0.6 is 0 Å². The molecule has 20 heteroatoms. The SMILES string of the molecule is CC(C)C[C@H]1C(=O)O[C@H](Cc2ccc(Cn3ccnc3)cc2)C(=O)N(C)[C@@H](CC(C)C)C(=O)O[C@H](C)C(=O)N(C)[C@@H](CC(C)C)C(=O)O[C@H](Cc2ccc(Cn3ccnc3)cc2)C(=O)N(C)[C@@H](CC(C)C)C(=O)O[C@H](C)C(=O)N1C. The lowest BCUT2D eigenvalue weighted by molar-refractivity contribution is -0.176. The van der Waals surface area contributed by atoms with Gasteiger partial charge in [-0.1, -0.05) is 104 Å². The van der Waals surface area contributed by atoms with Gasteiger partial charge in [0.1, 0.15) is 24.2 Å². The van der Waals surface area contributed by atoms with Crippen molar-refractivity contribution in [2.45, 2.75) is 169 Å². The smallest absolute Gasteiger partial charge is 0.329 e. The van der Waals surface area contributed by atoms with Gasteiger partial charge in [-0.2, -0.15) is 0 Å².